The second-order valence-electron chi connectivity index (χ2n) is 1.77. The van der Waals surface area contributed by atoms with Gasteiger partial charge in [-0.3, -0.25) is 9.59 Å². The lowest BCUT2D eigenvalue weighted by Gasteiger charge is -1.59. The standard InChI is InChI=1S/C2HNO2.2C2H4O2.C2H6O/c3-1-2(4)5;2*1-2(3)4;1-2-3/h(H,4,5);2*1H3,(H,3,4);3H,2H2,1H3. The predicted molar refractivity (Wildman–Crippen MR) is 52.6 cm³/mol. The van der Waals surface area contributed by atoms with Gasteiger partial charge in [0.15, 0.2) is 6.07 Å². The van der Waals surface area contributed by atoms with E-state index in [1.54, 1.807) is 6.92 Å². The predicted octanol–water partition coefficient (Wildman–Crippen LogP) is -0.225. The van der Waals surface area contributed by atoms with Gasteiger partial charge in [0, 0.05) is 20.5 Å². The molecule has 0 unspecified atom stereocenters. The van der Waals surface area contributed by atoms with E-state index >= 15 is 0 Å². The number of carbonyl (C=O) groups is 3. The van der Waals surface area contributed by atoms with E-state index in [1.807, 2.05) is 0 Å². The number of hydrogen-bond donors (Lipinski definition) is 4. The van der Waals surface area contributed by atoms with Gasteiger partial charge in [0.2, 0.25) is 0 Å². The van der Waals surface area contributed by atoms with Gasteiger partial charge in [-0.2, -0.15) is 5.26 Å². The minimum atomic E-state index is -1.44. The molecule has 0 atom stereocenters. The van der Waals surface area contributed by atoms with Crippen LogP contribution in [0.1, 0.15) is 20.8 Å². The third kappa shape index (κ3) is 71400. The van der Waals surface area contributed by atoms with Crippen molar-refractivity contribution in [2.45, 2.75) is 20.8 Å². The lowest BCUT2D eigenvalue weighted by molar-refractivity contribution is -0.135. The zero-order valence-electron chi connectivity index (χ0n) is 9.17. The van der Waals surface area contributed by atoms with Gasteiger partial charge in [0.25, 0.3) is 11.9 Å². The molecule has 0 aromatic rings. The molecule has 0 saturated heterocycles. The Morgan fingerprint density at radius 3 is 1.12 bits per heavy atom. The van der Waals surface area contributed by atoms with E-state index in [0.717, 1.165) is 19.9 Å². The Kier molecular flexibility index (Phi) is 34.0. The highest BCUT2D eigenvalue weighted by Gasteiger charge is 1.79. The normalized spacial score (nSPS) is 5.94. The Labute approximate surface area is 92.4 Å². The van der Waals surface area contributed by atoms with Crippen molar-refractivity contribution in [2.75, 3.05) is 6.61 Å². The van der Waals surface area contributed by atoms with Gasteiger partial charge < -0.3 is 20.4 Å². The van der Waals surface area contributed by atoms with E-state index < -0.39 is 17.9 Å². The molecular formula is C8H15NO7. The Morgan fingerprint density at radius 1 is 1.06 bits per heavy atom. The Hall–Kier alpha value is -2.14. The van der Waals surface area contributed by atoms with Crippen molar-refractivity contribution in [3.05, 3.63) is 0 Å². The maximum atomic E-state index is 9.01. The maximum Gasteiger partial charge on any atom is 0.408 e. The number of nitriles is 1. The molecular weight excluding hydrogens is 222 g/mol. The van der Waals surface area contributed by atoms with Crippen LogP contribution in [0.2, 0.25) is 0 Å². The van der Waals surface area contributed by atoms with Crippen molar-refractivity contribution in [2.24, 2.45) is 0 Å². The first kappa shape index (κ1) is 23.6. The largest absolute Gasteiger partial charge is 0.481 e. The fourth-order valence-corrected chi connectivity index (χ4v) is 0. The summed E-state index contributed by atoms with van der Waals surface area (Å²) in [6.07, 6.45) is 0. The summed E-state index contributed by atoms with van der Waals surface area (Å²) >= 11 is 0. The van der Waals surface area contributed by atoms with E-state index in [-0.39, 0.29) is 6.61 Å². The molecule has 16 heavy (non-hydrogen) atoms. The number of carboxylic acids is 3. The molecule has 0 radical (unpaired) electrons. The monoisotopic (exact) mass is 237 g/mol. The van der Waals surface area contributed by atoms with Crippen molar-refractivity contribution in [3.63, 3.8) is 0 Å². The van der Waals surface area contributed by atoms with Crippen LogP contribution in [0, 0.1) is 11.3 Å². The number of nitrogens with zero attached hydrogens (tertiary/aromatic N) is 1. The molecule has 0 aliphatic rings. The summed E-state index contributed by atoms with van der Waals surface area (Å²) in [6, 6.07) is 0.944. The minimum Gasteiger partial charge on any atom is -0.481 e. The molecule has 0 aliphatic heterocycles. The van der Waals surface area contributed by atoms with E-state index in [2.05, 4.69) is 0 Å². The third-order valence-corrected chi connectivity index (χ3v) is 0.0956. The molecule has 0 bridgehead atoms. The summed E-state index contributed by atoms with van der Waals surface area (Å²) in [5, 5.41) is 37.1. The maximum absolute atomic E-state index is 9.01. The minimum absolute atomic E-state index is 0.250. The summed E-state index contributed by atoms with van der Waals surface area (Å²) < 4.78 is 0. The lowest BCUT2D eigenvalue weighted by Crippen LogP contribution is -1.83. The van der Waals surface area contributed by atoms with Crippen LogP contribution in [0.3, 0.4) is 0 Å². The molecule has 94 valence electrons. The highest BCUT2D eigenvalue weighted by molar-refractivity contribution is 5.83. The molecule has 0 heterocycles. The van der Waals surface area contributed by atoms with Gasteiger partial charge in [-0.25, -0.2) is 4.79 Å². The molecule has 8 nitrogen and oxygen atoms in total. The van der Waals surface area contributed by atoms with Crippen molar-refractivity contribution in [3.8, 4) is 6.07 Å². The van der Waals surface area contributed by atoms with Gasteiger partial charge in [-0.15, -0.1) is 0 Å². The Morgan fingerprint density at radius 2 is 1.12 bits per heavy atom. The zero-order valence-corrected chi connectivity index (χ0v) is 9.17. The Balaban J connectivity index is -0.0000000610. The van der Waals surface area contributed by atoms with Gasteiger partial charge in [-0.05, 0) is 6.92 Å². The second-order valence-corrected chi connectivity index (χ2v) is 1.77. The van der Waals surface area contributed by atoms with Crippen LogP contribution in [-0.4, -0.2) is 44.9 Å². The molecule has 0 aromatic carbocycles. The molecule has 0 spiro atoms. The fourth-order valence-electron chi connectivity index (χ4n) is 0. The van der Waals surface area contributed by atoms with Crippen molar-refractivity contribution in [1.82, 2.24) is 0 Å². The number of aliphatic carboxylic acids is 3. The van der Waals surface area contributed by atoms with Crippen molar-refractivity contribution < 1.29 is 34.8 Å². The van der Waals surface area contributed by atoms with E-state index in [9.17, 15) is 0 Å². The third-order valence-electron chi connectivity index (χ3n) is 0.0956. The molecule has 0 saturated carbocycles. The molecule has 0 aromatic heterocycles. The average molecular weight is 237 g/mol. The first-order chi connectivity index (χ1) is 7.15. The van der Waals surface area contributed by atoms with Crippen LogP contribution < -0.4 is 0 Å². The highest BCUT2D eigenvalue weighted by atomic mass is 16.4. The fraction of sp³-hybridized carbons (Fsp3) is 0.500. The van der Waals surface area contributed by atoms with Crippen molar-refractivity contribution in [1.29, 1.82) is 5.26 Å². The van der Waals surface area contributed by atoms with Crippen LogP contribution in [-0.2, 0) is 14.4 Å². The van der Waals surface area contributed by atoms with Crippen molar-refractivity contribution >= 4 is 17.9 Å². The zero-order chi connectivity index (χ0) is 14.1. The van der Waals surface area contributed by atoms with E-state index in [4.69, 9.17) is 40.1 Å². The number of hydrogen-bond acceptors (Lipinski definition) is 5. The number of rotatable bonds is 0. The van der Waals surface area contributed by atoms with E-state index in [0.29, 0.717) is 0 Å². The molecule has 4 N–H and O–H groups in total. The summed E-state index contributed by atoms with van der Waals surface area (Å²) in [6.45, 7) is 4.10. The summed E-state index contributed by atoms with van der Waals surface area (Å²) in [7, 11) is 0. The Bertz CT molecular complexity index is 211. The average Bonchev–Trinajstić information content (AvgIpc) is 2.03. The molecule has 8 heteroatoms. The molecule has 0 rings (SSSR count). The second kappa shape index (κ2) is 23.0. The number of carboxylic acid groups (broad SMARTS) is 3. The van der Waals surface area contributed by atoms with Gasteiger partial charge >= 0.3 is 5.97 Å². The number of aliphatic hydroxyl groups is 1. The first-order valence-electron chi connectivity index (χ1n) is 3.78. The molecule has 0 amide bonds. The summed E-state index contributed by atoms with van der Waals surface area (Å²) in [5.74, 6) is -3.11. The SMILES string of the molecule is CC(=O)O.CC(=O)O.CCO.N#CC(=O)O. The van der Waals surface area contributed by atoms with Crippen LogP contribution >= 0.6 is 0 Å². The lowest BCUT2D eigenvalue weighted by atomic mass is 10.8. The molecule has 0 aliphatic carbocycles. The van der Waals surface area contributed by atoms with Crippen LogP contribution in [0.5, 0.6) is 0 Å². The summed E-state index contributed by atoms with van der Waals surface area (Å²) in [5.41, 5.74) is 0. The summed E-state index contributed by atoms with van der Waals surface area (Å²) in [4.78, 5) is 27.0. The van der Waals surface area contributed by atoms with Gasteiger partial charge in [-0.1, -0.05) is 0 Å². The molecule has 0 fully saturated rings. The first-order valence-corrected chi connectivity index (χ1v) is 3.78. The van der Waals surface area contributed by atoms with E-state index in [1.165, 1.54) is 0 Å². The topological polar surface area (TPSA) is 156 Å². The quantitative estimate of drug-likeness (QED) is 0.332. The van der Waals surface area contributed by atoms with Crippen LogP contribution in [0.4, 0.5) is 0 Å². The van der Waals surface area contributed by atoms with Crippen LogP contribution in [0.15, 0.2) is 0 Å². The highest BCUT2D eigenvalue weighted by Crippen LogP contribution is 1.44. The smallest absolute Gasteiger partial charge is 0.408 e. The number of aliphatic hydroxyl groups excluding tert-OH is 1. The van der Waals surface area contributed by atoms with Gasteiger partial charge in [0.1, 0.15) is 0 Å². The van der Waals surface area contributed by atoms with Gasteiger partial charge in [0.05, 0.1) is 0 Å². The van der Waals surface area contributed by atoms with Crippen LogP contribution in [0.25, 0.3) is 0 Å².